The predicted octanol–water partition coefficient (Wildman–Crippen LogP) is -0.188. The van der Waals surface area contributed by atoms with Crippen LogP contribution in [0, 0.1) is 6.92 Å². The van der Waals surface area contributed by atoms with Crippen LogP contribution in [0.1, 0.15) is 23.4 Å². The van der Waals surface area contributed by atoms with Gasteiger partial charge in [-0.3, -0.25) is 0 Å². The van der Waals surface area contributed by atoms with Crippen molar-refractivity contribution in [3.05, 3.63) is 29.6 Å². The van der Waals surface area contributed by atoms with E-state index in [2.05, 4.69) is 30.7 Å². The molecule has 0 bridgehead atoms. The second-order valence-electron chi connectivity index (χ2n) is 3.77. The molecule has 2 rings (SSSR count). The fraction of sp³-hybridized carbons (Fsp3) is 0.500. The van der Waals surface area contributed by atoms with Gasteiger partial charge in [-0.15, -0.1) is 10.2 Å². The monoisotopic (exact) mass is 233 g/mol. The second kappa shape index (κ2) is 4.96. The molecule has 0 aliphatic heterocycles. The zero-order valence-electron chi connectivity index (χ0n) is 10.1. The van der Waals surface area contributed by atoms with Gasteiger partial charge >= 0.3 is 0 Å². The number of likely N-dealkylation sites (N-methyl/N-ethyl adjacent to an activating group) is 1. The van der Waals surface area contributed by atoms with Gasteiger partial charge in [0.25, 0.3) is 0 Å². The van der Waals surface area contributed by atoms with E-state index in [1.807, 2.05) is 20.0 Å². The van der Waals surface area contributed by atoms with E-state index in [1.165, 1.54) is 4.80 Å². The van der Waals surface area contributed by atoms with Gasteiger partial charge in [-0.1, -0.05) is 0 Å². The van der Waals surface area contributed by atoms with Crippen molar-refractivity contribution in [2.45, 2.75) is 19.4 Å². The zero-order chi connectivity index (χ0) is 12.3. The van der Waals surface area contributed by atoms with Gasteiger partial charge < -0.3 is 5.32 Å². The maximum absolute atomic E-state index is 4.39. The molecule has 2 aromatic heterocycles. The number of aromatic nitrogens is 6. The van der Waals surface area contributed by atoms with Crippen molar-refractivity contribution < 1.29 is 0 Å². The van der Waals surface area contributed by atoms with E-state index in [-0.39, 0.29) is 6.04 Å². The minimum Gasteiger partial charge on any atom is -0.311 e. The van der Waals surface area contributed by atoms with Crippen LogP contribution < -0.4 is 5.32 Å². The fourth-order valence-corrected chi connectivity index (χ4v) is 1.61. The maximum atomic E-state index is 4.39. The van der Waals surface area contributed by atoms with E-state index >= 15 is 0 Å². The van der Waals surface area contributed by atoms with Crippen LogP contribution in [0.25, 0.3) is 0 Å². The van der Waals surface area contributed by atoms with Crippen molar-refractivity contribution in [2.75, 3.05) is 7.05 Å². The standard InChI is InChI=1S/C10H15N7/c1-7-12-5-4-8(13-7)9(11-2)6-10-14-16-17(3)15-10/h4-5,9,11H,6H2,1-3H3. The van der Waals surface area contributed by atoms with Crippen molar-refractivity contribution in [2.24, 2.45) is 7.05 Å². The minimum atomic E-state index is 0.0703. The molecule has 90 valence electrons. The average Bonchev–Trinajstić information content (AvgIpc) is 2.72. The zero-order valence-corrected chi connectivity index (χ0v) is 10.1. The summed E-state index contributed by atoms with van der Waals surface area (Å²) in [5.41, 5.74) is 0.937. The Morgan fingerprint density at radius 2 is 2.29 bits per heavy atom. The Bertz CT molecular complexity index is 493. The van der Waals surface area contributed by atoms with Gasteiger partial charge in [-0.2, -0.15) is 4.80 Å². The third-order valence-corrected chi connectivity index (χ3v) is 2.44. The quantitative estimate of drug-likeness (QED) is 0.788. The predicted molar refractivity (Wildman–Crippen MR) is 61.1 cm³/mol. The summed E-state index contributed by atoms with van der Waals surface area (Å²) >= 11 is 0. The largest absolute Gasteiger partial charge is 0.311 e. The van der Waals surface area contributed by atoms with Crippen LogP contribution in [0.15, 0.2) is 12.3 Å². The molecule has 0 spiro atoms. The number of rotatable bonds is 4. The molecule has 0 aromatic carbocycles. The van der Waals surface area contributed by atoms with E-state index in [0.717, 1.165) is 11.5 Å². The van der Waals surface area contributed by atoms with E-state index in [9.17, 15) is 0 Å². The molecule has 0 saturated heterocycles. The number of tetrazole rings is 1. The Balaban J connectivity index is 2.16. The number of nitrogens with zero attached hydrogens (tertiary/aromatic N) is 6. The molecule has 0 fully saturated rings. The molecule has 1 unspecified atom stereocenters. The third-order valence-electron chi connectivity index (χ3n) is 2.44. The van der Waals surface area contributed by atoms with Crippen LogP contribution in [0.4, 0.5) is 0 Å². The molecule has 0 aliphatic rings. The molecule has 0 amide bonds. The van der Waals surface area contributed by atoms with Gasteiger partial charge in [0.05, 0.1) is 18.8 Å². The summed E-state index contributed by atoms with van der Waals surface area (Å²) in [6.45, 7) is 1.87. The highest BCUT2D eigenvalue weighted by Gasteiger charge is 2.14. The van der Waals surface area contributed by atoms with Gasteiger partial charge in [0.1, 0.15) is 5.82 Å². The molecular formula is C10H15N7. The molecule has 2 aromatic rings. The van der Waals surface area contributed by atoms with E-state index in [1.54, 1.807) is 13.2 Å². The van der Waals surface area contributed by atoms with Crippen LogP contribution in [0.3, 0.4) is 0 Å². The normalized spacial score (nSPS) is 12.6. The van der Waals surface area contributed by atoms with E-state index in [0.29, 0.717) is 12.2 Å². The number of hydrogen-bond donors (Lipinski definition) is 1. The Morgan fingerprint density at radius 3 is 2.88 bits per heavy atom. The Kier molecular flexibility index (Phi) is 3.38. The molecule has 0 aliphatic carbocycles. The second-order valence-corrected chi connectivity index (χ2v) is 3.77. The summed E-state index contributed by atoms with van der Waals surface area (Å²) in [5, 5.41) is 15.1. The fourth-order valence-electron chi connectivity index (χ4n) is 1.61. The Labute approximate surface area is 99.3 Å². The molecule has 2 heterocycles. The molecular weight excluding hydrogens is 218 g/mol. The number of aryl methyl sites for hydroxylation is 2. The summed E-state index contributed by atoms with van der Waals surface area (Å²) in [6.07, 6.45) is 2.41. The first-order chi connectivity index (χ1) is 8.19. The highest BCUT2D eigenvalue weighted by Crippen LogP contribution is 2.13. The third kappa shape index (κ3) is 2.82. The lowest BCUT2D eigenvalue weighted by atomic mass is 10.1. The highest BCUT2D eigenvalue weighted by atomic mass is 15.6. The Morgan fingerprint density at radius 1 is 1.47 bits per heavy atom. The number of nitrogens with one attached hydrogen (secondary N) is 1. The molecule has 0 radical (unpaired) electrons. The lowest BCUT2D eigenvalue weighted by molar-refractivity contribution is 0.553. The minimum absolute atomic E-state index is 0.0703. The van der Waals surface area contributed by atoms with Gasteiger partial charge in [-0.25, -0.2) is 9.97 Å². The molecule has 1 N–H and O–H groups in total. The van der Waals surface area contributed by atoms with E-state index < -0.39 is 0 Å². The number of hydrogen-bond acceptors (Lipinski definition) is 6. The van der Waals surface area contributed by atoms with Crippen LogP contribution in [0.2, 0.25) is 0 Å². The topological polar surface area (TPSA) is 81.4 Å². The maximum Gasteiger partial charge on any atom is 0.176 e. The molecule has 7 nitrogen and oxygen atoms in total. The average molecular weight is 233 g/mol. The van der Waals surface area contributed by atoms with Gasteiger partial charge in [-0.05, 0) is 25.3 Å². The van der Waals surface area contributed by atoms with Gasteiger partial charge in [0.2, 0.25) is 0 Å². The summed E-state index contributed by atoms with van der Waals surface area (Å²) < 4.78 is 0. The molecule has 0 saturated carbocycles. The van der Waals surface area contributed by atoms with Crippen molar-refractivity contribution >= 4 is 0 Å². The van der Waals surface area contributed by atoms with Crippen LogP contribution in [0.5, 0.6) is 0 Å². The SMILES string of the molecule is CNC(Cc1nnn(C)n1)c1ccnc(C)n1. The van der Waals surface area contributed by atoms with Gasteiger partial charge in [0.15, 0.2) is 5.82 Å². The van der Waals surface area contributed by atoms with Crippen LogP contribution >= 0.6 is 0 Å². The summed E-state index contributed by atoms with van der Waals surface area (Å²) in [6, 6.07) is 1.96. The molecule has 7 heteroatoms. The summed E-state index contributed by atoms with van der Waals surface area (Å²) in [4.78, 5) is 9.92. The van der Waals surface area contributed by atoms with Crippen LogP contribution in [-0.4, -0.2) is 37.2 Å². The first kappa shape index (κ1) is 11.6. The van der Waals surface area contributed by atoms with Crippen molar-refractivity contribution in [1.82, 2.24) is 35.5 Å². The molecule has 1 atom stereocenters. The van der Waals surface area contributed by atoms with Crippen molar-refractivity contribution in [1.29, 1.82) is 0 Å². The molecule has 17 heavy (non-hydrogen) atoms. The highest BCUT2D eigenvalue weighted by molar-refractivity contribution is 5.09. The van der Waals surface area contributed by atoms with Crippen LogP contribution in [-0.2, 0) is 13.5 Å². The Hall–Kier alpha value is -1.89. The lowest BCUT2D eigenvalue weighted by Crippen LogP contribution is -2.21. The summed E-state index contributed by atoms with van der Waals surface area (Å²) in [5.74, 6) is 1.46. The van der Waals surface area contributed by atoms with Crippen molar-refractivity contribution in [3.8, 4) is 0 Å². The van der Waals surface area contributed by atoms with Crippen molar-refractivity contribution in [3.63, 3.8) is 0 Å². The van der Waals surface area contributed by atoms with Gasteiger partial charge in [0, 0.05) is 12.6 Å². The van der Waals surface area contributed by atoms with E-state index in [4.69, 9.17) is 0 Å². The smallest absolute Gasteiger partial charge is 0.176 e. The first-order valence-corrected chi connectivity index (χ1v) is 5.38. The lowest BCUT2D eigenvalue weighted by Gasteiger charge is -2.13. The first-order valence-electron chi connectivity index (χ1n) is 5.38. The summed E-state index contributed by atoms with van der Waals surface area (Å²) in [7, 11) is 3.64.